The Morgan fingerprint density at radius 3 is 1.96 bits per heavy atom. The minimum Gasteiger partial charge on any atom is -0.484 e. The molecule has 0 aliphatic carbocycles. The van der Waals surface area contributed by atoms with E-state index in [1.165, 1.54) is 0 Å². The number of hydrogen-bond donors (Lipinski definition) is 0. The highest BCUT2D eigenvalue weighted by molar-refractivity contribution is 6.35. The number of ether oxygens (including phenoxy) is 1. The predicted octanol–water partition coefficient (Wildman–Crippen LogP) is 6.64. The summed E-state index contributed by atoms with van der Waals surface area (Å²) in [4.78, 5) is 0. The van der Waals surface area contributed by atoms with Crippen LogP contribution >= 0.6 is 23.2 Å². The Kier molecular flexibility index (Phi) is 5.38. The van der Waals surface area contributed by atoms with Crippen LogP contribution in [-0.4, -0.2) is 9.78 Å². The maximum atomic E-state index is 6.33. The van der Waals surface area contributed by atoms with E-state index >= 15 is 0 Å². The zero-order chi connectivity index (χ0) is 19.5. The average Bonchev–Trinajstić information content (AvgIpc) is 3.05. The Hall–Kier alpha value is -2.75. The molecule has 0 bridgehead atoms. The van der Waals surface area contributed by atoms with Crippen LogP contribution in [0.25, 0.3) is 22.5 Å². The minimum atomic E-state index is 0.254. The molecule has 0 spiro atoms. The van der Waals surface area contributed by atoms with Crippen molar-refractivity contribution < 1.29 is 4.74 Å². The van der Waals surface area contributed by atoms with Crippen LogP contribution in [0.3, 0.4) is 0 Å². The fourth-order valence-electron chi connectivity index (χ4n) is 3.15. The number of aromatic nitrogens is 2. The molecule has 4 aromatic rings. The van der Waals surface area contributed by atoms with Crippen molar-refractivity contribution in [3.8, 4) is 28.3 Å². The van der Waals surface area contributed by atoms with Gasteiger partial charge in [-0.05, 0) is 12.1 Å². The summed E-state index contributed by atoms with van der Waals surface area (Å²) in [6.07, 6.45) is 0. The first-order chi connectivity index (χ1) is 13.6. The largest absolute Gasteiger partial charge is 0.484 e. The number of benzene rings is 3. The molecule has 0 saturated carbocycles. The van der Waals surface area contributed by atoms with Gasteiger partial charge in [0.25, 0.3) is 0 Å². The molecule has 3 nitrogen and oxygen atoms in total. The van der Waals surface area contributed by atoms with Gasteiger partial charge in [-0.15, -0.1) is 0 Å². The first-order valence-electron chi connectivity index (χ1n) is 8.88. The summed E-state index contributed by atoms with van der Waals surface area (Å²) in [5, 5.41) is 5.90. The van der Waals surface area contributed by atoms with Gasteiger partial charge in [-0.2, -0.15) is 5.10 Å². The number of aryl methyl sites for hydroxylation is 1. The monoisotopic (exact) mass is 408 g/mol. The van der Waals surface area contributed by atoms with Gasteiger partial charge in [0.1, 0.15) is 18.0 Å². The quantitative estimate of drug-likeness (QED) is 0.370. The molecule has 0 N–H and O–H groups in total. The van der Waals surface area contributed by atoms with Gasteiger partial charge < -0.3 is 4.74 Å². The van der Waals surface area contributed by atoms with Crippen LogP contribution in [-0.2, 0) is 13.7 Å². The molecule has 0 fully saturated rings. The van der Waals surface area contributed by atoms with Crippen molar-refractivity contribution in [2.45, 2.75) is 6.61 Å². The van der Waals surface area contributed by atoms with Gasteiger partial charge in [0.05, 0.1) is 0 Å². The SMILES string of the molecule is Cn1nc(-c2ccccc2)c(OCc2c(Cl)cccc2Cl)c1-c1ccccc1. The molecule has 3 aromatic carbocycles. The Morgan fingerprint density at radius 1 is 0.786 bits per heavy atom. The second kappa shape index (κ2) is 8.09. The van der Waals surface area contributed by atoms with Crippen molar-refractivity contribution in [3.63, 3.8) is 0 Å². The summed E-state index contributed by atoms with van der Waals surface area (Å²) in [5.74, 6) is 0.705. The fraction of sp³-hybridized carbons (Fsp3) is 0.0870. The lowest BCUT2D eigenvalue weighted by atomic mass is 10.1. The minimum absolute atomic E-state index is 0.254. The first-order valence-corrected chi connectivity index (χ1v) is 9.64. The predicted molar refractivity (Wildman–Crippen MR) is 115 cm³/mol. The third-order valence-corrected chi connectivity index (χ3v) is 5.23. The van der Waals surface area contributed by atoms with Crippen molar-refractivity contribution >= 4 is 23.2 Å². The van der Waals surface area contributed by atoms with E-state index in [1.54, 1.807) is 0 Å². The Balaban J connectivity index is 1.81. The highest BCUT2D eigenvalue weighted by Gasteiger charge is 2.21. The first kappa shape index (κ1) is 18.6. The number of nitrogens with zero attached hydrogens (tertiary/aromatic N) is 2. The van der Waals surface area contributed by atoms with E-state index in [4.69, 9.17) is 33.0 Å². The lowest BCUT2D eigenvalue weighted by molar-refractivity contribution is 0.309. The van der Waals surface area contributed by atoms with Crippen molar-refractivity contribution in [1.82, 2.24) is 9.78 Å². The zero-order valence-electron chi connectivity index (χ0n) is 15.3. The number of rotatable bonds is 5. The van der Waals surface area contributed by atoms with Crippen LogP contribution in [0.1, 0.15) is 5.56 Å². The summed E-state index contributed by atoms with van der Waals surface area (Å²) in [5.41, 5.74) is 4.46. The van der Waals surface area contributed by atoms with Gasteiger partial charge in [0.15, 0.2) is 5.75 Å². The van der Waals surface area contributed by atoms with Crippen molar-refractivity contribution in [1.29, 1.82) is 0 Å². The molecule has 0 aliphatic heterocycles. The van der Waals surface area contributed by atoms with Crippen molar-refractivity contribution in [2.24, 2.45) is 7.05 Å². The topological polar surface area (TPSA) is 27.1 Å². The van der Waals surface area contributed by atoms with Crippen LogP contribution in [0.5, 0.6) is 5.75 Å². The van der Waals surface area contributed by atoms with Crippen LogP contribution < -0.4 is 4.74 Å². The van der Waals surface area contributed by atoms with E-state index in [-0.39, 0.29) is 6.61 Å². The molecule has 5 heteroatoms. The van der Waals surface area contributed by atoms with Gasteiger partial charge in [-0.1, -0.05) is 89.9 Å². The second-order valence-corrected chi connectivity index (χ2v) is 7.19. The van der Waals surface area contributed by atoms with E-state index in [2.05, 4.69) is 0 Å². The molecule has 0 saturated heterocycles. The Morgan fingerprint density at radius 2 is 1.36 bits per heavy atom. The molecule has 0 amide bonds. The molecule has 1 heterocycles. The maximum Gasteiger partial charge on any atom is 0.173 e. The number of halogens is 2. The molecule has 1 aromatic heterocycles. The van der Waals surface area contributed by atoms with E-state index < -0.39 is 0 Å². The summed E-state index contributed by atoms with van der Waals surface area (Å²) < 4.78 is 8.14. The molecular formula is C23H18Cl2N2O. The lowest BCUT2D eigenvalue weighted by Gasteiger charge is -2.12. The van der Waals surface area contributed by atoms with E-state index in [0.717, 1.165) is 28.1 Å². The summed E-state index contributed by atoms with van der Waals surface area (Å²) >= 11 is 12.7. The van der Waals surface area contributed by atoms with Crippen LogP contribution in [0, 0.1) is 0 Å². The van der Waals surface area contributed by atoms with Gasteiger partial charge >= 0.3 is 0 Å². The third kappa shape index (κ3) is 3.64. The van der Waals surface area contributed by atoms with Gasteiger partial charge in [-0.3, -0.25) is 4.68 Å². The summed E-state index contributed by atoms with van der Waals surface area (Å²) in [6, 6.07) is 25.5. The standard InChI is InChI=1S/C23H18Cl2N2O/c1-27-22(17-11-6-3-7-12-17)23(21(26-27)16-9-4-2-5-10-16)28-15-18-19(24)13-8-14-20(18)25/h2-14H,15H2,1H3. The smallest absolute Gasteiger partial charge is 0.173 e. The molecule has 0 radical (unpaired) electrons. The number of hydrogen-bond acceptors (Lipinski definition) is 2. The van der Waals surface area contributed by atoms with Gasteiger partial charge in [0.2, 0.25) is 0 Å². The molecule has 4 rings (SSSR count). The van der Waals surface area contributed by atoms with Gasteiger partial charge in [-0.25, -0.2) is 0 Å². The van der Waals surface area contributed by atoms with Crippen molar-refractivity contribution in [3.05, 3.63) is 94.5 Å². The lowest BCUT2D eigenvalue weighted by Crippen LogP contribution is -2.00. The molecule has 140 valence electrons. The normalized spacial score (nSPS) is 10.8. The molecule has 0 unspecified atom stereocenters. The average molecular weight is 409 g/mol. The zero-order valence-corrected chi connectivity index (χ0v) is 16.8. The molecule has 28 heavy (non-hydrogen) atoms. The van der Waals surface area contributed by atoms with Crippen LogP contribution in [0.2, 0.25) is 10.0 Å². The second-order valence-electron chi connectivity index (χ2n) is 6.37. The van der Waals surface area contributed by atoms with E-state index in [1.807, 2.05) is 90.6 Å². The van der Waals surface area contributed by atoms with Crippen LogP contribution in [0.4, 0.5) is 0 Å². The molecule has 0 atom stereocenters. The fourth-order valence-corrected chi connectivity index (χ4v) is 3.66. The van der Waals surface area contributed by atoms with Crippen molar-refractivity contribution in [2.75, 3.05) is 0 Å². The van der Waals surface area contributed by atoms with E-state index in [0.29, 0.717) is 15.8 Å². The maximum absolute atomic E-state index is 6.33. The highest BCUT2D eigenvalue weighted by atomic mass is 35.5. The molecular weight excluding hydrogens is 391 g/mol. The van der Waals surface area contributed by atoms with Crippen LogP contribution in [0.15, 0.2) is 78.9 Å². The third-order valence-electron chi connectivity index (χ3n) is 4.52. The summed E-state index contributed by atoms with van der Waals surface area (Å²) in [7, 11) is 1.92. The Labute approximate surface area is 174 Å². The van der Waals surface area contributed by atoms with Gasteiger partial charge in [0, 0.05) is 33.8 Å². The Bertz CT molecular complexity index is 1070. The molecule has 0 aliphatic rings. The summed E-state index contributed by atoms with van der Waals surface area (Å²) in [6.45, 7) is 0.254. The highest BCUT2D eigenvalue weighted by Crippen LogP contribution is 2.39. The van der Waals surface area contributed by atoms with E-state index in [9.17, 15) is 0 Å².